The lowest BCUT2D eigenvalue weighted by Gasteiger charge is -2.19. The van der Waals surface area contributed by atoms with Crippen LogP contribution < -0.4 is 0 Å². The molecule has 0 heterocycles. The van der Waals surface area contributed by atoms with Gasteiger partial charge in [0.05, 0.1) is 5.73 Å². The molecule has 1 rings (SSSR count). The molecule has 0 saturated carbocycles. The zero-order valence-corrected chi connectivity index (χ0v) is 11.6. The largest absolute Gasteiger partial charge is 0.413 e. The van der Waals surface area contributed by atoms with Crippen molar-refractivity contribution in [2.45, 2.75) is 25.1 Å². The lowest BCUT2D eigenvalue weighted by atomic mass is 10.2. The predicted octanol–water partition coefficient (Wildman–Crippen LogP) is 2.32. The molecule has 0 amide bonds. The van der Waals surface area contributed by atoms with Gasteiger partial charge in [-0.05, 0) is 18.0 Å². The summed E-state index contributed by atoms with van der Waals surface area (Å²) in [7, 11) is 0.491. The van der Waals surface area contributed by atoms with Gasteiger partial charge in [0.15, 0.2) is 0 Å². The fourth-order valence-corrected chi connectivity index (χ4v) is 3.32. The Balaban J connectivity index is 2.44. The first-order valence-corrected chi connectivity index (χ1v) is 7.69. The summed E-state index contributed by atoms with van der Waals surface area (Å²) in [6.07, 6.45) is 0.881. The Morgan fingerprint density at radius 2 is 1.94 bits per heavy atom. The zero-order chi connectivity index (χ0) is 12.5. The van der Waals surface area contributed by atoms with Crippen molar-refractivity contribution < 1.29 is 14.3 Å². The van der Waals surface area contributed by atoms with Gasteiger partial charge in [-0.15, -0.1) is 0 Å². The Morgan fingerprint density at radius 1 is 1.24 bits per heavy atom. The molecule has 17 heavy (non-hydrogen) atoms. The number of hydrogen-bond donors (Lipinski definition) is 1. The van der Waals surface area contributed by atoms with Gasteiger partial charge in [0.2, 0.25) is 9.04 Å². The molecule has 4 heteroatoms. The van der Waals surface area contributed by atoms with Crippen molar-refractivity contribution in [1.29, 1.82) is 0 Å². The van der Waals surface area contributed by atoms with E-state index in [1.54, 1.807) is 7.11 Å². The van der Waals surface area contributed by atoms with Crippen LogP contribution in [-0.4, -0.2) is 34.5 Å². The summed E-state index contributed by atoms with van der Waals surface area (Å²) in [5, 5.41) is 10.2. The lowest BCUT2D eigenvalue weighted by molar-refractivity contribution is 0.160. The van der Waals surface area contributed by atoms with Gasteiger partial charge in [-0.3, -0.25) is 0 Å². The van der Waals surface area contributed by atoms with Crippen LogP contribution in [0.15, 0.2) is 30.3 Å². The van der Waals surface area contributed by atoms with Gasteiger partial charge in [-0.25, -0.2) is 0 Å². The maximum atomic E-state index is 10.2. The van der Waals surface area contributed by atoms with Gasteiger partial charge < -0.3 is 14.3 Å². The predicted molar refractivity (Wildman–Crippen MR) is 70.1 cm³/mol. The molecule has 0 fully saturated rings. The number of rotatable bonds is 8. The van der Waals surface area contributed by atoms with E-state index in [2.05, 4.69) is 6.92 Å². The topological polar surface area (TPSA) is 38.7 Å². The fourth-order valence-electron chi connectivity index (χ4n) is 1.60. The molecule has 0 aliphatic carbocycles. The third-order valence-corrected chi connectivity index (χ3v) is 4.76. The number of hydrogen-bond acceptors (Lipinski definition) is 3. The minimum atomic E-state index is -1.19. The molecule has 0 aromatic heterocycles. The molecule has 3 nitrogen and oxygen atoms in total. The smallest absolute Gasteiger partial charge is 0.245 e. The number of aliphatic hydroxyl groups is 1. The van der Waals surface area contributed by atoms with Crippen molar-refractivity contribution in [3.05, 3.63) is 35.9 Å². The van der Waals surface area contributed by atoms with E-state index in [1.165, 1.54) is 0 Å². The highest BCUT2D eigenvalue weighted by Crippen LogP contribution is 2.18. The summed E-state index contributed by atoms with van der Waals surface area (Å²) in [6.45, 7) is 3.44. The molecule has 0 aliphatic rings. The summed E-state index contributed by atoms with van der Waals surface area (Å²) >= 11 is 0. The number of benzene rings is 1. The van der Waals surface area contributed by atoms with Crippen molar-refractivity contribution in [2.24, 2.45) is 0 Å². The molecule has 1 N–H and O–H groups in total. The van der Waals surface area contributed by atoms with E-state index in [1.807, 2.05) is 30.3 Å². The molecule has 0 bridgehead atoms. The third kappa shape index (κ3) is 5.00. The van der Waals surface area contributed by atoms with Crippen LogP contribution in [0.25, 0.3) is 0 Å². The minimum Gasteiger partial charge on any atom is -0.413 e. The molecular formula is C13H21O3Si. The van der Waals surface area contributed by atoms with E-state index < -0.39 is 14.8 Å². The van der Waals surface area contributed by atoms with E-state index in [4.69, 9.17) is 9.16 Å². The fraction of sp³-hybridized carbons (Fsp3) is 0.538. The van der Waals surface area contributed by atoms with Crippen LogP contribution in [0.2, 0.25) is 6.04 Å². The van der Waals surface area contributed by atoms with Gasteiger partial charge in [0, 0.05) is 20.3 Å². The summed E-state index contributed by atoms with van der Waals surface area (Å²) < 4.78 is 10.8. The van der Waals surface area contributed by atoms with Crippen LogP contribution in [0.1, 0.15) is 24.6 Å². The molecule has 95 valence electrons. The van der Waals surface area contributed by atoms with Crippen molar-refractivity contribution >= 4 is 9.04 Å². The molecule has 1 atom stereocenters. The first-order chi connectivity index (χ1) is 8.29. The van der Waals surface area contributed by atoms with Crippen molar-refractivity contribution in [2.75, 3.05) is 20.3 Å². The quantitative estimate of drug-likeness (QED) is 0.571. The van der Waals surface area contributed by atoms with E-state index in [9.17, 15) is 5.11 Å². The molecule has 0 spiro atoms. The molecule has 0 aliphatic heterocycles. The van der Waals surface area contributed by atoms with E-state index >= 15 is 0 Å². The first-order valence-electron chi connectivity index (χ1n) is 6.00. The number of ether oxygens (including phenoxy) is 1. The van der Waals surface area contributed by atoms with E-state index in [0.29, 0.717) is 13.2 Å². The van der Waals surface area contributed by atoms with E-state index in [-0.39, 0.29) is 0 Å². The highest BCUT2D eigenvalue weighted by Gasteiger charge is 2.23. The molecule has 1 aromatic carbocycles. The summed E-state index contributed by atoms with van der Waals surface area (Å²) in [5.74, 6) is 0. The Labute approximate surface area is 105 Å². The second-order valence-corrected chi connectivity index (χ2v) is 6.30. The maximum Gasteiger partial charge on any atom is 0.245 e. The summed E-state index contributed by atoms with van der Waals surface area (Å²) in [6, 6.07) is 10.6. The molecule has 1 unspecified atom stereocenters. The number of methoxy groups -OCH3 is 1. The van der Waals surface area contributed by atoms with Crippen LogP contribution in [0.4, 0.5) is 0 Å². The average molecular weight is 253 g/mol. The van der Waals surface area contributed by atoms with Gasteiger partial charge in [0.25, 0.3) is 0 Å². The first kappa shape index (κ1) is 14.4. The molecule has 0 saturated heterocycles. The third-order valence-electron chi connectivity index (χ3n) is 2.55. The lowest BCUT2D eigenvalue weighted by Crippen LogP contribution is -2.27. The average Bonchev–Trinajstić information content (AvgIpc) is 2.39. The monoisotopic (exact) mass is 253 g/mol. The Morgan fingerprint density at radius 3 is 2.53 bits per heavy atom. The van der Waals surface area contributed by atoms with Crippen LogP contribution in [-0.2, 0) is 9.16 Å². The molecule has 1 radical (unpaired) electrons. The van der Waals surface area contributed by atoms with E-state index in [0.717, 1.165) is 18.0 Å². The van der Waals surface area contributed by atoms with Gasteiger partial charge in [-0.1, -0.05) is 37.3 Å². The van der Waals surface area contributed by atoms with Crippen molar-refractivity contribution in [1.82, 2.24) is 0 Å². The summed E-state index contributed by atoms with van der Waals surface area (Å²) in [4.78, 5) is 0. The Bertz CT molecular complexity index is 292. The van der Waals surface area contributed by atoms with Crippen LogP contribution in [0.3, 0.4) is 0 Å². The van der Waals surface area contributed by atoms with Crippen LogP contribution in [0, 0.1) is 0 Å². The number of aliphatic hydroxyl groups excluding tert-OH is 1. The summed E-state index contributed by atoms with van der Waals surface area (Å²) in [5.41, 5.74) is 0.503. The Kier molecular flexibility index (Phi) is 7.12. The standard InChI is InChI=1S/C13H21O3Si/c1-3-17(16-11-7-10-15-2)13(14)12-8-5-4-6-9-12/h4-6,8-9,13-14H,3,7,10-11H2,1-2H3. The van der Waals surface area contributed by atoms with Crippen LogP contribution >= 0.6 is 0 Å². The SMILES string of the molecule is CC[Si](OCCCOC)C(O)c1ccccc1. The Hall–Kier alpha value is -0.683. The van der Waals surface area contributed by atoms with Gasteiger partial charge >= 0.3 is 0 Å². The molecule has 1 aromatic rings. The van der Waals surface area contributed by atoms with Gasteiger partial charge in [0.1, 0.15) is 0 Å². The second-order valence-electron chi connectivity index (χ2n) is 3.83. The molecular weight excluding hydrogens is 232 g/mol. The van der Waals surface area contributed by atoms with Crippen LogP contribution in [0.5, 0.6) is 0 Å². The second kappa shape index (κ2) is 8.41. The minimum absolute atomic E-state index is 0.450. The highest BCUT2D eigenvalue weighted by molar-refractivity contribution is 6.52. The van der Waals surface area contributed by atoms with Crippen molar-refractivity contribution in [3.8, 4) is 0 Å². The highest BCUT2D eigenvalue weighted by atomic mass is 28.3. The maximum absolute atomic E-state index is 10.2. The van der Waals surface area contributed by atoms with Crippen molar-refractivity contribution in [3.63, 3.8) is 0 Å². The normalized spacial score (nSPS) is 12.9. The van der Waals surface area contributed by atoms with Gasteiger partial charge in [-0.2, -0.15) is 0 Å². The zero-order valence-electron chi connectivity index (χ0n) is 10.6.